The molecule has 1 N–H and O–H groups in total. The maximum atomic E-state index is 11.3. The maximum absolute atomic E-state index is 11.3. The Bertz CT molecular complexity index is 310. The molecule has 0 aliphatic heterocycles. The van der Waals surface area contributed by atoms with Crippen LogP contribution >= 0.6 is 9.47 Å². The van der Waals surface area contributed by atoms with Gasteiger partial charge in [-0.15, -0.1) is 0 Å². The number of aliphatic hydroxyl groups is 1. The highest BCUT2D eigenvalue weighted by molar-refractivity contribution is 7.10. The Hall–Kier alpha value is -0.860. The molecule has 5 heteroatoms. The van der Waals surface area contributed by atoms with Gasteiger partial charge >= 0.3 is 0 Å². The smallest absolute Gasteiger partial charge is 0.293 e. The molecular weight excluding hydrogens is 177 g/mol. The van der Waals surface area contributed by atoms with E-state index in [2.05, 4.69) is 0 Å². The quantitative estimate of drug-likeness (QED) is 0.678. The van der Waals surface area contributed by atoms with Gasteiger partial charge in [0, 0.05) is 12.7 Å². The Balaban J connectivity index is 3.06. The zero-order chi connectivity index (χ0) is 8.97. The Morgan fingerprint density at radius 1 is 1.67 bits per heavy atom. The topological polar surface area (TPSA) is 51.5 Å². The van der Waals surface area contributed by atoms with Crippen LogP contribution in [0.3, 0.4) is 0 Å². The van der Waals surface area contributed by atoms with Crippen LogP contribution in [-0.2, 0) is 6.54 Å². The fourth-order valence-corrected chi connectivity index (χ4v) is 1.07. The van der Waals surface area contributed by atoms with Crippen molar-refractivity contribution in [1.82, 2.24) is 4.57 Å². The molecule has 1 aromatic heterocycles. The van der Waals surface area contributed by atoms with Crippen molar-refractivity contribution >= 4 is 9.47 Å². The number of aliphatic hydroxyl groups excluding tert-OH is 1. The van der Waals surface area contributed by atoms with E-state index in [-0.39, 0.29) is 17.9 Å². The van der Waals surface area contributed by atoms with Crippen molar-refractivity contribution in [2.75, 3.05) is 6.61 Å². The van der Waals surface area contributed by atoms with Crippen LogP contribution in [0.2, 0.25) is 0 Å². The number of rotatable bonds is 3. The van der Waals surface area contributed by atoms with Gasteiger partial charge in [0.15, 0.2) is 5.75 Å². The molecule has 66 valence electrons. The van der Waals surface area contributed by atoms with E-state index in [1.54, 1.807) is 18.3 Å². The molecule has 0 fully saturated rings. The Labute approximate surface area is 72.1 Å². The summed E-state index contributed by atoms with van der Waals surface area (Å²) in [6, 6.07) is 3.26. The second-order valence-electron chi connectivity index (χ2n) is 2.21. The summed E-state index contributed by atoms with van der Waals surface area (Å²) < 4.78 is 6.12. The standard InChI is InChI=1S/C7H10NO3P/c9-5-4-8-3-1-2-6(11-12)7(8)10/h1-3,9H,4-5,12H2. The molecule has 0 amide bonds. The van der Waals surface area contributed by atoms with Crippen molar-refractivity contribution in [3.63, 3.8) is 0 Å². The first-order valence-corrected chi connectivity index (χ1v) is 3.93. The zero-order valence-electron chi connectivity index (χ0n) is 6.43. The predicted octanol–water partition coefficient (Wildman–Crippen LogP) is 0.00950. The van der Waals surface area contributed by atoms with Gasteiger partial charge in [-0.25, -0.2) is 0 Å². The molecule has 1 heterocycles. The monoisotopic (exact) mass is 187 g/mol. The Morgan fingerprint density at radius 2 is 2.42 bits per heavy atom. The summed E-state index contributed by atoms with van der Waals surface area (Å²) in [6.45, 7) is 0.237. The Kier molecular flexibility index (Phi) is 3.26. The van der Waals surface area contributed by atoms with Gasteiger partial charge in [0.05, 0.1) is 16.1 Å². The fourth-order valence-electron chi connectivity index (χ4n) is 0.888. The summed E-state index contributed by atoms with van der Waals surface area (Å²) in [6.07, 6.45) is 1.60. The SMILES string of the molecule is O=c1c(OP)cccn1CCO. The predicted molar refractivity (Wildman–Crippen MR) is 48.1 cm³/mol. The normalized spacial score (nSPS) is 9.83. The van der Waals surface area contributed by atoms with E-state index in [0.29, 0.717) is 6.54 Å². The lowest BCUT2D eigenvalue weighted by Crippen LogP contribution is -2.21. The molecule has 4 nitrogen and oxygen atoms in total. The van der Waals surface area contributed by atoms with E-state index in [9.17, 15) is 4.79 Å². The third kappa shape index (κ3) is 1.84. The van der Waals surface area contributed by atoms with Crippen LogP contribution in [0.15, 0.2) is 23.1 Å². The van der Waals surface area contributed by atoms with E-state index in [1.807, 2.05) is 9.47 Å². The van der Waals surface area contributed by atoms with Crippen LogP contribution in [0, 0.1) is 0 Å². The fraction of sp³-hybridized carbons (Fsp3) is 0.286. The zero-order valence-corrected chi connectivity index (χ0v) is 7.59. The summed E-state index contributed by atoms with van der Waals surface area (Å²) in [5.74, 6) is 0.260. The van der Waals surface area contributed by atoms with E-state index < -0.39 is 0 Å². The van der Waals surface area contributed by atoms with Crippen molar-refractivity contribution in [2.24, 2.45) is 0 Å². The van der Waals surface area contributed by atoms with Gasteiger partial charge in [-0.3, -0.25) is 4.79 Å². The third-order valence-corrected chi connectivity index (χ3v) is 1.71. The number of hydrogen-bond acceptors (Lipinski definition) is 3. The van der Waals surface area contributed by atoms with Crippen molar-refractivity contribution in [1.29, 1.82) is 0 Å². The van der Waals surface area contributed by atoms with E-state index >= 15 is 0 Å². The van der Waals surface area contributed by atoms with Gasteiger partial charge in [-0.05, 0) is 12.1 Å². The van der Waals surface area contributed by atoms with Crippen LogP contribution in [-0.4, -0.2) is 16.3 Å². The van der Waals surface area contributed by atoms with E-state index in [1.165, 1.54) is 4.57 Å². The second-order valence-corrected chi connectivity index (χ2v) is 2.45. The first kappa shape index (κ1) is 9.23. The molecular formula is C7H10NO3P. The number of hydrogen-bond donors (Lipinski definition) is 1. The van der Waals surface area contributed by atoms with Crippen LogP contribution in [0.1, 0.15) is 0 Å². The maximum Gasteiger partial charge on any atom is 0.293 e. The van der Waals surface area contributed by atoms with Crippen LogP contribution in [0.5, 0.6) is 5.75 Å². The average molecular weight is 187 g/mol. The van der Waals surface area contributed by atoms with Crippen LogP contribution in [0.4, 0.5) is 0 Å². The molecule has 1 rings (SSSR count). The molecule has 0 aromatic carbocycles. The summed E-state index contributed by atoms with van der Waals surface area (Å²) in [5.41, 5.74) is -0.235. The van der Waals surface area contributed by atoms with Gasteiger partial charge in [0.2, 0.25) is 0 Å². The molecule has 1 atom stereocenters. The molecule has 12 heavy (non-hydrogen) atoms. The Morgan fingerprint density at radius 3 is 3.00 bits per heavy atom. The molecule has 0 bridgehead atoms. The van der Waals surface area contributed by atoms with Gasteiger partial charge in [-0.1, -0.05) is 0 Å². The number of aromatic nitrogens is 1. The number of nitrogens with zero attached hydrogens (tertiary/aromatic N) is 1. The van der Waals surface area contributed by atoms with Crippen LogP contribution < -0.4 is 10.1 Å². The summed E-state index contributed by atoms with van der Waals surface area (Å²) in [7, 11) is 2.01. The summed E-state index contributed by atoms with van der Waals surface area (Å²) >= 11 is 0. The first-order valence-electron chi connectivity index (χ1n) is 3.46. The summed E-state index contributed by atoms with van der Waals surface area (Å²) in [5, 5.41) is 8.60. The van der Waals surface area contributed by atoms with Crippen molar-refractivity contribution in [2.45, 2.75) is 6.54 Å². The van der Waals surface area contributed by atoms with E-state index in [0.717, 1.165) is 0 Å². The molecule has 0 aliphatic carbocycles. The minimum atomic E-state index is -0.235. The molecule has 0 aliphatic rings. The first-order chi connectivity index (χ1) is 5.79. The highest BCUT2D eigenvalue weighted by Gasteiger charge is 2.00. The third-order valence-electron chi connectivity index (χ3n) is 1.45. The van der Waals surface area contributed by atoms with Crippen molar-refractivity contribution in [3.05, 3.63) is 28.7 Å². The van der Waals surface area contributed by atoms with Gasteiger partial charge < -0.3 is 14.2 Å². The van der Waals surface area contributed by atoms with E-state index in [4.69, 9.17) is 9.63 Å². The van der Waals surface area contributed by atoms with Crippen molar-refractivity contribution in [3.8, 4) is 5.75 Å². The molecule has 0 saturated heterocycles. The highest BCUT2D eigenvalue weighted by Crippen LogP contribution is 2.04. The minimum absolute atomic E-state index is 0.0553. The molecule has 0 spiro atoms. The highest BCUT2D eigenvalue weighted by atomic mass is 31.0. The molecule has 0 saturated carbocycles. The van der Waals surface area contributed by atoms with Gasteiger partial charge in [0.1, 0.15) is 0 Å². The molecule has 1 aromatic rings. The van der Waals surface area contributed by atoms with Gasteiger partial charge in [0.25, 0.3) is 5.56 Å². The number of pyridine rings is 1. The average Bonchev–Trinajstić information content (AvgIpc) is 2.09. The van der Waals surface area contributed by atoms with Crippen molar-refractivity contribution < 1.29 is 9.63 Å². The largest absolute Gasteiger partial charge is 0.475 e. The lowest BCUT2D eigenvalue weighted by Gasteiger charge is -2.04. The lowest BCUT2D eigenvalue weighted by molar-refractivity contribution is 0.273. The van der Waals surface area contributed by atoms with Crippen LogP contribution in [0.25, 0.3) is 0 Å². The second kappa shape index (κ2) is 4.24. The summed E-state index contributed by atoms with van der Waals surface area (Å²) in [4.78, 5) is 11.3. The minimum Gasteiger partial charge on any atom is -0.475 e. The van der Waals surface area contributed by atoms with Gasteiger partial charge in [-0.2, -0.15) is 0 Å². The molecule has 1 unspecified atom stereocenters. The molecule has 0 radical (unpaired) electrons. The lowest BCUT2D eigenvalue weighted by atomic mass is 10.4.